The summed E-state index contributed by atoms with van der Waals surface area (Å²) in [6.45, 7) is 1.59. The van der Waals surface area contributed by atoms with E-state index in [0.717, 1.165) is 5.56 Å². The summed E-state index contributed by atoms with van der Waals surface area (Å²) in [5.41, 5.74) is 0.975. The van der Waals surface area contributed by atoms with Crippen molar-refractivity contribution in [1.29, 1.82) is 0 Å². The van der Waals surface area contributed by atoms with Crippen LogP contribution in [0, 0.1) is 6.92 Å². The van der Waals surface area contributed by atoms with Gasteiger partial charge in [0.05, 0.1) is 24.7 Å². The first-order chi connectivity index (χ1) is 8.06. The Morgan fingerprint density at radius 2 is 1.71 bits per heavy atom. The Morgan fingerprint density at radius 1 is 1.06 bits per heavy atom. The highest BCUT2D eigenvalue weighted by molar-refractivity contribution is 7.86. The van der Waals surface area contributed by atoms with Crippen molar-refractivity contribution in [2.75, 3.05) is 26.4 Å². The van der Waals surface area contributed by atoms with Crippen LogP contribution in [0.4, 0.5) is 0 Å². The van der Waals surface area contributed by atoms with E-state index in [9.17, 15) is 13.5 Å². The lowest BCUT2D eigenvalue weighted by molar-refractivity contribution is 0.0496. The number of hydrogen-bond donors (Lipinski definition) is 0. The maximum Gasteiger partial charge on any atom is 0.297 e. The largest absolute Gasteiger partial charge is 0.376 e. The van der Waals surface area contributed by atoms with Gasteiger partial charge in [-0.3, -0.25) is 4.18 Å². The fourth-order valence-electron chi connectivity index (χ4n) is 1.14. The Morgan fingerprint density at radius 3 is 2.29 bits per heavy atom. The van der Waals surface area contributed by atoms with E-state index in [2.05, 4.69) is 0 Å². The zero-order valence-electron chi connectivity index (χ0n) is 9.59. The van der Waals surface area contributed by atoms with Gasteiger partial charge in [0.2, 0.25) is 0 Å². The Bertz CT molecular complexity index is 424. The third kappa shape index (κ3) is 4.82. The van der Waals surface area contributed by atoms with Crippen LogP contribution in [0.25, 0.3) is 0 Å². The molecular weight excluding hydrogens is 244 g/mol. The van der Waals surface area contributed by atoms with Crippen LogP contribution in [0.15, 0.2) is 29.2 Å². The standard InChI is InChI=1S/C11H15O5S/c1-10-2-4-11(5-3-10)17(13,14)16-9-8-15-7-6-12/h2-5H,6-9H2,1H3. The fraction of sp³-hybridized carbons (Fsp3) is 0.455. The van der Waals surface area contributed by atoms with Gasteiger partial charge >= 0.3 is 0 Å². The molecule has 0 saturated carbocycles. The highest BCUT2D eigenvalue weighted by Crippen LogP contribution is 2.12. The van der Waals surface area contributed by atoms with E-state index in [1.165, 1.54) is 12.1 Å². The van der Waals surface area contributed by atoms with Gasteiger partial charge in [0, 0.05) is 0 Å². The fourth-order valence-corrected chi connectivity index (χ4v) is 2.03. The molecule has 0 bridgehead atoms. The zero-order valence-corrected chi connectivity index (χ0v) is 10.4. The van der Waals surface area contributed by atoms with Gasteiger partial charge in [-0.15, -0.1) is 0 Å². The van der Waals surface area contributed by atoms with Gasteiger partial charge in [0.15, 0.2) is 0 Å². The molecule has 0 atom stereocenters. The molecule has 0 unspecified atom stereocenters. The van der Waals surface area contributed by atoms with Gasteiger partial charge in [-0.05, 0) is 19.1 Å². The molecule has 0 spiro atoms. The van der Waals surface area contributed by atoms with E-state index in [1.54, 1.807) is 12.1 Å². The molecule has 5 nitrogen and oxygen atoms in total. The highest BCUT2D eigenvalue weighted by Gasteiger charge is 2.14. The summed E-state index contributed by atoms with van der Waals surface area (Å²) in [7, 11) is -3.72. The van der Waals surface area contributed by atoms with Crippen molar-refractivity contribution in [3.63, 3.8) is 0 Å². The summed E-state index contributed by atoms with van der Waals surface area (Å²) in [5.74, 6) is 0. The zero-order chi connectivity index (χ0) is 12.7. The first-order valence-electron chi connectivity index (χ1n) is 5.18. The SMILES string of the molecule is Cc1ccc(S(=O)(=O)OCCOCC[O])cc1. The number of ether oxygens (including phenoxy) is 1. The Labute approximate surface area is 101 Å². The molecule has 0 aliphatic carbocycles. The van der Waals surface area contributed by atoms with Crippen molar-refractivity contribution in [2.24, 2.45) is 0 Å². The minimum absolute atomic E-state index is 0.0634. The quantitative estimate of drug-likeness (QED) is 0.544. The van der Waals surface area contributed by atoms with Crippen LogP contribution < -0.4 is 0 Å². The van der Waals surface area contributed by atoms with Crippen LogP contribution in [0.3, 0.4) is 0 Å². The molecule has 0 aliphatic rings. The predicted octanol–water partition coefficient (Wildman–Crippen LogP) is 1.15. The van der Waals surface area contributed by atoms with Gasteiger partial charge in [-0.1, -0.05) is 17.7 Å². The molecule has 0 saturated heterocycles. The third-order valence-corrected chi connectivity index (χ3v) is 3.33. The lowest BCUT2D eigenvalue weighted by atomic mass is 10.2. The smallest absolute Gasteiger partial charge is 0.297 e. The Balaban J connectivity index is 2.48. The first kappa shape index (κ1) is 14.1. The molecule has 0 fully saturated rings. The summed E-state index contributed by atoms with van der Waals surface area (Å²) < 4.78 is 32.9. The van der Waals surface area contributed by atoms with Crippen LogP contribution in [0.2, 0.25) is 0 Å². The minimum Gasteiger partial charge on any atom is -0.376 e. The molecule has 0 amide bonds. The van der Waals surface area contributed by atoms with Crippen molar-refractivity contribution in [3.8, 4) is 0 Å². The third-order valence-electron chi connectivity index (χ3n) is 2.00. The van der Waals surface area contributed by atoms with Gasteiger partial charge in [-0.25, -0.2) is 5.11 Å². The average Bonchev–Trinajstić information content (AvgIpc) is 2.29. The van der Waals surface area contributed by atoms with Crippen LogP contribution in [0.5, 0.6) is 0 Å². The summed E-state index contributed by atoms with van der Waals surface area (Å²) in [6.07, 6.45) is 0. The van der Waals surface area contributed by atoms with Crippen LogP contribution >= 0.6 is 0 Å². The topological polar surface area (TPSA) is 72.5 Å². The summed E-state index contributed by atoms with van der Waals surface area (Å²) in [6, 6.07) is 6.38. The number of hydrogen-bond acceptors (Lipinski definition) is 4. The molecule has 0 aromatic heterocycles. The summed E-state index contributed by atoms with van der Waals surface area (Å²) in [4.78, 5) is 0.118. The molecule has 0 N–H and O–H groups in total. The van der Waals surface area contributed by atoms with Crippen molar-refractivity contribution in [3.05, 3.63) is 29.8 Å². The van der Waals surface area contributed by atoms with Crippen molar-refractivity contribution >= 4 is 10.1 Å². The maximum atomic E-state index is 11.6. The van der Waals surface area contributed by atoms with Crippen molar-refractivity contribution in [2.45, 2.75) is 11.8 Å². The molecular formula is C11H15O5S. The molecule has 6 heteroatoms. The second kappa shape index (κ2) is 6.70. The Hall–Kier alpha value is -0.950. The highest BCUT2D eigenvalue weighted by atomic mass is 32.2. The van der Waals surface area contributed by atoms with E-state index in [4.69, 9.17) is 8.92 Å². The molecule has 0 heterocycles. The minimum atomic E-state index is -3.72. The molecule has 0 aliphatic heterocycles. The Kier molecular flexibility index (Phi) is 5.57. The number of aryl methyl sites for hydroxylation is 1. The molecule has 1 aromatic rings. The second-order valence-corrected chi connectivity index (χ2v) is 5.02. The van der Waals surface area contributed by atoms with Crippen molar-refractivity contribution in [1.82, 2.24) is 0 Å². The monoisotopic (exact) mass is 259 g/mol. The van der Waals surface area contributed by atoms with E-state index < -0.39 is 10.1 Å². The van der Waals surface area contributed by atoms with Crippen molar-refractivity contribution < 1.29 is 22.4 Å². The molecule has 95 valence electrons. The van der Waals surface area contributed by atoms with E-state index in [1.807, 2.05) is 6.92 Å². The van der Waals surface area contributed by atoms with Crippen LogP contribution in [-0.2, 0) is 24.1 Å². The average molecular weight is 259 g/mol. The van der Waals surface area contributed by atoms with Crippen LogP contribution in [-0.4, -0.2) is 34.8 Å². The van der Waals surface area contributed by atoms with Gasteiger partial charge in [0.25, 0.3) is 10.1 Å². The lowest BCUT2D eigenvalue weighted by Crippen LogP contribution is -2.12. The van der Waals surface area contributed by atoms with E-state index in [-0.39, 0.29) is 31.3 Å². The summed E-state index contributed by atoms with van der Waals surface area (Å²) >= 11 is 0. The van der Waals surface area contributed by atoms with E-state index >= 15 is 0 Å². The molecule has 1 aromatic carbocycles. The van der Waals surface area contributed by atoms with E-state index in [0.29, 0.717) is 0 Å². The number of benzene rings is 1. The predicted molar refractivity (Wildman–Crippen MR) is 60.7 cm³/mol. The first-order valence-corrected chi connectivity index (χ1v) is 6.59. The van der Waals surface area contributed by atoms with Crippen LogP contribution in [0.1, 0.15) is 5.56 Å². The lowest BCUT2D eigenvalue weighted by Gasteiger charge is -2.06. The van der Waals surface area contributed by atoms with Gasteiger partial charge in [-0.2, -0.15) is 8.42 Å². The maximum absolute atomic E-state index is 11.6. The normalized spacial score (nSPS) is 11.6. The van der Waals surface area contributed by atoms with Gasteiger partial charge < -0.3 is 4.74 Å². The second-order valence-electron chi connectivity index (χ2n) is 3.41. The van der Waals surface area contributed by atoms with Gasteiger partial charge in [0.1, 0.15) is 6.61 Å². The number of rotatable bonds is 7. The molecule has 1 radical (unpaired) electrons. The summed E-state index contributed by atoms with van der Waals surface area (Å²) in [5, 5.41) is 10.1. The molecule has 1 rings (SSSR count). The molecule has 17 heavy (non-hydrogen) atoms.